The third-order valence-corrected chi connectivity index (χ3v) is 3.70. The van der Waals surface area contributed by atoms with Crippen molar-refractivity contribution in [2.24, 2.45) is 0 Å². The van der Waals surface area contributed by atoms with Gasteiger partial charge < -0.3 is 15.4 Å². The average Bonchev–Trinajstić information content (AvgIpc) is 2.30. The molecule has 0 aliphatic carbocycles. The minimum Gasteiger partial charge on any atom is -0.398 e. The molecule has 1 atom stereocenters. The summed E-state index contributed by atoms with van der Waals surface area (Å²) >= 11 is 0. The second kappa shape index (κ2) is 5.09. The minimum atomic E-state index is -0.308. The van der Waals surface area contributed by atoms with E-state index in [9.17, 15) is 4.79 Å². The second-order valence-corrected chi connectivity index (χ2v) is 6.40. The van der Waals surface area contributed by atoms with E-state index in [0.29, 0.717) is 24.3 Å². The molecule has 0 bridgehead atoms. The van der Waals surface area contributed by atoms with Gasteiger partial charge in [0.2, 0.25) is 0 Å². The van der Waals surface area contributed by atoms with Gasteiger partial charge in [-0.15, -0.1) is 0 Å². The summed E-state index contributed by atoms with van der Waals surface area (Å²) in [5.41, 5.74) is 8.97. The van der Waals surface area contributed by atoms with Crippen LogP contribution in [0.15, 0.2) is 12.1 Å². The predicted octanol–water partition coefficient (Wildman–Crippen LogP) is 2.53. The Bertz CT molecular complexity index is 538. The SMILES string of the molecule is Cc1cc(C)c(C(=O)N2CC(C)OC(C)(C)C2)cc1N. The highest BCUT2D eigenvalue weighted by molar-refractivity contribution is 5.97. The lowest BCUT2D eigenvalue weighted by Crippen LogP contribution is -2.53. The fraction of sp³-hybridized carbons (Fsp3) is 0.562. The summed E-state index contributed by atoms with van der Waals surface area (Å²) in [6, 6.07) is 3.76. The Balaban J connectivity index is 2.29. The maximum Gasteiger partial charge on any atom is 0.254 e. The molecule has 1 unspecified atom stereocenters. The molecule has 0 aromatic heterocycles. The van der Waals surface area contributed by atoms with Crippen LogP contribution in [0.5, 0.6) is 0 Å². The number of rotatable bonds is 1. The zero-order valence-corrected chi connectivity index (χ0v) is 13.0. The van der Waals surface area contributed by atoms with Gasteiger partial charge in [-0.2, -0.15) is 0 Å². The van der Waals surface area contributed by atoms with Crippen LogP contribution in [0.2, 0.25) is 0 Å². The van der Waals surface area contributed by atoms with Gasteiger partial charge in [0.05, 0.1) is 11.7 Å². The van der Waals surface area contributed by atoms with E-state index in [0.717, 1.165) is 11.1 Å². The van der Waals surface area contributed by atoms with E-state index >= 15 is 0 Å². The van der Waals surface area contributed by atoms with Gasteiger partial charge in [0, 0.05) is 24.3 Å². The molecule has 4 heteroatoms. The van der Waals surface area contributed by atoms with E-state index < -0.39 is 0 Å². The normalized spacial score (nSPS) is 21.9. The van der Waals surface area contributed by atoms with E-state index in [1.165, 1.54) is 0 Å². The van der Waals surface area contributed by atoms with Crippen molar-refractivity contribution in [3.63, 3.8) is 0 Å². The summed E-state index contributed by atoms with van der Waals surface area (Å²) in [6.45, 7) is 11.2. The number of nitrogens with zero attached hydrogens (tertiary/aromatic N) is 1. The molecule has 1 amide bonds. The number of ether oxygens (including phenoxy) is 1. The molecule has 1 aromatic rings. The topological polar surface area (TPSA) is 55.6 Å². The molecule has 2 N–H and O–H groups in total. The van der Waals surface area contributed by atoms with Gasteiger partial charge in [0.25, 0.3) is 5.91 Å². The molecule has 0 saturated carbocycles. The van der Waals surface area contributed by atoms with E-state index in [1.54, 1.807) is 6.07 Å². The summed E-state index contributed by atoms with van der Waals surface area (Å²) in [4.78, 5) is 14.6. The lowest BCUT2D eigenvalue weighted by molar-refractivity contribution is -0.118. The minimum absolute atomic E-state index is 0.0393. The van der Waals surface area contributed by atoms with Crippen molar-refractivity contribution in [2.45, 2.75) is 46.3 Å². The van der Waals surface area contributed by atoms with E-state index in [1.807, 2.05) is 45.6 Å². The number of hydrogen-bond donors (Lipinski definition) is 1. The summed E-state index contributed by atoms with van der Waals surface area (Å²) < 4.78 is 5.84. The lowest BCUT2D eigenvalue weighted by atomic mass is 10.0. The number of nitrogens with two attached hydrogens (primary N) is 1. The van der Waals surface area contributed by atoms with Crippen molar-refractivity contribution < 1.29 is 9.53 Å². The zero-order chi connectivity index (χ0) is 15.1. The lowest BCUT2D eigenvalue weighted by Gasteiger charge is -2.41. The molecule has 1 fully saturated rings. The highest BCUT2D eigenvalue weighted by Crippen LogP contribution is 2.25. The first-order chi connectivity index (χ1) is 9.19. The molecule has 0 radical (unpaired) electrons. The molecule has 4 nitrogen and oxygen atoms in total. The first-order valence-corrected chi connectivity index (χ1v) is 7.03. The van der Waals surface area contributed by atoms with Crippen LogP contribution in [0.3, 0.4) is 0 Å². The Hall–Kier alpha value is -1.55. The Kier molecular flexibility index (Phi) is 3.78. The number of hydrogen-bond acceptors (Lipinski definition) is 3. The zero-order valence-electron chi connectivity index (χ0n) is 13.0. The molecular formula is C16H24N2O2. The van der Waals surface area contributed by atoms with Gasteiger partial charge in [-0.25, -0.2) is 0 Å². The van der Waals surface area contributed by atoms with Gasteiger partial charge in [0.15, 0.2) is 0 Å². The quantitative estimate of drug-likeness (QED) is 0.802. The Morgan fingerprint density at radius 3 is 2.60 bits per heavy atom. The summed E-state index contributed by atoms with van der Waals surface area (Å²) in [5.74, 6) is 0.0393. The maximum absolute atomic E-state index is 12.7. The third kappa shape index (κ3) is 2.96. The predicted molar refractivity (Wildman–Crippen MR) is 80.9 cm³/mol. The molecule has 1 saturated heterocycles. The van der Waals surface area contributed by atoms with Crippen molar-refractivity contribution >= 4 is 11.6 Å². The standard InChI is InChI=1S/C16H24N2O2/c1-10-6-11(2)14(17)7-13(10)15(19)18-8-12(3)20-16(4,5)9-18/h6-7,12H,8-9,17H2,1-5H3. The first-order valence-electron chi connectivity index (χ1n) is 7.03. The number of morpholine rings is 1. The maximum atomic E-state index is 12.7. The van der Waals surface area contributed by atoms with Crippen LogP contribution >= 0.6 is 0 Å². The van der Waals surface area contributed by atoms with Gasteiger partial charge in [-0.1, -0.05) is 6.07 Å². The summed E-state index contributed by atoms with van der Waals surface area (Å²) in [7, 11) is 0. The van der Waals surface area contributed by atoms with Gasteiger partial charge >= 0.3 is 0 Å². The van der Waals surface area contributed by atoms with Crippen molar-refractivity contribution in [3.05, 3.63) is 28.8 Å². The third-order valence-electron chi connectivity index (χ3n) is 3.70. The molecule has 1 aromatic carbocycles. The van der Waals surface area contributed by atoms with Crippen LogP contribution in [0.25, 0.3) is 0 Å². The van der Waals surface area contributed by atoms with Crippen LogP contribution in [-0.4, -0.2) is 35.6 Å². The average molecular weight is 276 g/mol. The van der Waals surface area contributed by atoms with E-state index in [4.69, 9.17) is 10.5 Å². The molecular weight excluding hydrogens is 252 g/mol. The number of aryl methyl sites for hydroxylation is 2. The molecule has 110 valence electrons. The number of nitrogen functional groups attached to an aromatic ring is 1. The largest absolute Gasteiger partial charge is 0.398 e. The fourth-order valence-corrected chi connectivity index (χ4v) is 2.88. The number of carbonyl (C=O) groups excluding carboxylic acids is 1. The monoisotopic (exact) mass is 276 g/mol. The van der Waals surface area contributed by atoms with Crippen LogP contribution in [0.1, 0.15) is 42.3 Å². The number of carbonyl (C=O) groups is 1. The van der Waals surface area contributed by atoms with Crippen LogP contribution < -0.4 is 5.73 Å². The molecule has 2 rings (SSSR count). The van der Waals surface area contributed by atoms with Crippen LogP contribution in [-0.2, 0) is 4.74 Å². The fourth-order valence-electron chi connectivity index (χ4n) is 2.88. The summed E-state index contributed by atoms with van der Waals surface area (Å²) in [5, 5.41) is 0. The Morgan fingerprint density at radius 1 is 1.35 bits per heavy atom. The smallest absolute Gasteiger partial charge is 0.254 e. The summed E-state index contributed by atoms with van der Waals surface area (Å²) in [6.07, 6.45) is 0.0470. The number of anilines is 1. The first kappa shape index (κ1) is 14.9. The van der Waals surface area contributed by atoms with Crippen LogP contribution in [0.4, 0.5) is 5.69 Å². The Morgan fingerprint density at radius 2 is 2.00 bits per heavy atom. The molecule has 1 heterocycles. The molecule has 1 aliphatic heterocycles. The van der Waals surface area contributed by atoms with Crippen LogP contribution in [0, 0.1) is 13.8 Å². The van der Waals surface area contributed by atoms with E-state index in [2.05, 4.69) is 0 Å². The van der Waals surface area contributed by atoms with Gasteiger partial charge in [0.1, 0.15) is 0 Å². The van der Waals surface area contributed by atoms with Gasteiger partial charge in [-0.05, 0) is 51.8 Å². The molecule has 0 spiro atoms. The van der Waals surface area contributed by atoms with Crippen molar-refractivity contribution in [1.29, 1.82) is 0 Å². The highest BCUT2D eigenvalue weighted by Gasteiger charge is 2.34. The van der Waals surface area contributed by atoms with Crippen molar-refractivity contribution in [1.82, 2.24) is 4.90 Å². The van der Waals surface area contributed by atoms with E-state index in [-0.39, 0.29) is 17.6 Å². The van der Waals surface area contributed by atoms with Gasteiger partial charge in [-0.3, -0.25) is 4.79 Å². The number of benzene rings is 1. The van der Waals surface area contributed by atoms with Crippen molar-refractivity contribution in [3.8, 4) is 0 Å². The Labute approximate surface area is 120 Å². The van der Waals surface area contributed by atoms with Crippen molar-refractivity contribution in [2.75, 3.05) is 18.8 Å². The number of amides is 1. The molecule has 1 aliphatic rings. The second-order valence-electron chi connectivity index (χ2n) is 6.40. The highest BCUT2D eigenvalue weighted by atomic mass is 16.5. The molecule has 20 heavy (non-hydrogen) atoms.